The van der Waals surface area contributed by atoms with Gasteiger partial charge < -0.3 is 10.2 Å². The average molecular weight is 248 g/mol. The van der Waals surface area contributed by atoms with E-state index in [1.165, 1.54) is 44.4 Å². The SMILES string of the molecule is C1=CCCC1.Cc1c(C(=O)O)cccc1C(=O)O. The number of benzene rings is 1. The molecule has 1 aliphatic rings. The third kappa shape index (κ3) is 3.73. The van der Waals surface area contributed by atoms with Crippen molar-refractivity contribution in [3.05, 3.63) is 47.0 Å². The first-order valence-corrected chi connectivity index (χ1v) is 5.75. The Kier molecular flexibility index (Phi) is 5.11. The van der Waals surface area contributed by atoms with Crippen LogP contribution in [0.1, 0.15) is 45.5 Å². The fourth-order valence-corrected chi connectivity index (χ4v) is 1.69. The highest BCUT2D eigenvalue weighted by Crippen LogP contribution is 2.13. The maximum Gasteiger partial charge on any atom is 0.335 e. The highest BCUT2D eigenvalue weighted by atomic mass is 16.4. The second-order valence-electron chi connectivity index (χ2n) is 3.99. The molecule has 0 bridgehead atoms. The monoisotopic (exact) mass is 248 g/mol. The van der Waals surface area contributed by atoms with Crippen LogP contribution in [0.4, 0.5) is 0 Å². The topological polar surface area (TPSA) is 74.6 Å². The van der Waals surface area contributed by atoms with E-state index in [0.29, 0.717) is 0 Å². The average Bonchev–Trinajstić information content (AvgIpc) is 2.87. The Balaban J connectivity index is 0.000000269. The van der Waals surface area contributed by atoms with E-state index >= 15 is 0 Å². The van der Waals surface area contributed by atoms with Gasteiger partial charge in [-0.2, -0.15) is 0 Å². The number of carboxylic acids is 2. The largest absolute Gasteiger partial charge is 0.478 e. The van der Waals surface area contributed by atoms with E-state index in [2.05, 4.69) is 12.2 Å². The van der Waals surface area contributed by atoms with Crippen LogP contribution in [0.15, 0.2) is 30.4 Å². The number of hydrogen-bond donors (Lipinski definition) is 2. The summed E-state index contributed by atoms with van der Waals surface area (Å²) in [6, 6.07) is 4.17. The van der Waals surface area contributed by atoms with Gasteiger partial charge in [0.25, 0.3) is 0 Å². The minimum Gasteiger partial charge on any atom is -0.478 e. The normalized spacial score (nSPS) is 12.7. The fourth-order valence-electron chi connectivity index (χ4n) is 1.69. The molecule has 1 aromatic carbocycles. The molecule has 18 heavy (non-hydrogen) atoms. The number of allylic oxidation sites excluding steroid dienone is 2. The lowest BCUT2D eigenvalue weighted by atomic mass is 10.0. The van der Waals surface area contributed by atoms with Crippen molar-refractivity contribution in [1.82, 2.24) is 0 Å². The van der Waals surface area contributed by atoms with Crippen LogP contribution in [-0.4, -0.2) is 22.2 Å². The van der Waals surface area contributed by atoms with Crippen LogP contribution in [0.5, 0.6) is 0 Å². The summed E-state index contributed by atoms with van der Waals surface area (Å²) in [5.41, 5.74) is 0.335. The predicted molar refractivity (Wildman–Crippen MR) is 68.1 cm³/mol. The molecule has 0 aliphatic heterocycles. The summed E-state index contributed by atoms with van der Waals surface area (Å²) in [6.45, 7) is 1.48. The number of rotatable bonds is 2. The smallest absolute Gasteiger partial charge is 0.335 e. The minimum absolute atomic E-state index is 0.0277. The second-order valence-corrected chi connectivity index (χ2v) is 3.99. The van der Waals surface area contributed by atoms with Crippen LogP contribution in [0.25, 0.3) is 0 Å². The summed E-state index contributed by atoms with van der Waals surface area (Å²) < 4.78 is 0. The van der Waals surface area contributed by atoms with Gasteiger partial charge in [-0.25, -0.2) is 9.59 Å². The standard InChI is InChI=1S/C9H8O4.C5H8/c1-5-6(8(10)11)3-2-4-7(5)9(12)13;1-2-4-5-3-1/h2-4H,1H3,(H,10,11)(H,12,13);1-2H,3-5H2. The van der Waals surface area contributed by atoms with Crippen molar-refractivity contribution in [1.29, 1.82) is 0 Å². The predicted octanol–water partition coefficient (Wildman–Crippen LogP) is 3.12. The molecular formula is C14H16O4. The van der Waals surface area contributed by atoms with E-state index in [9.17, 15) is 9.59 Å². The molecule has 0 heterocycles. The highest BCUT2D eigenvalue weighted by molar-refractivity contribution is 5.96. The molecule has 1 aromatic rings. The molecule has 1 aliphatic carbocycles. The zero-order valence-corrected chi connectivity index (χ0v) is 10.2. The third-order valence-corrected chi connectivity index (χ3v) is 2.70. The molecule has 2 rings (SSSR count). The van der Waals surface area contributed by atoms with Gasteiger partial charge in [0, 0.05) is 0 Å². The summed E-state index contributed by atoms with van der Waals surface area (Å²) >= 11 is 0. The molecule has 0 amide bonds. The molecule has 0 unspecified atom stereocenters. The van der Waals surface area contributed by atoms with Crippen LogP contribution >= 0.6 is 0 Å². The van der Waals surface area contributed by atoms with E-state index < -0.39 is 11.9 Å². The van der Waals surface area contributed by atoms with Crippen molar-refractivity contribution in [2.45, 2.75) is 26.2 Å². The lowest BCUT2D eigenvalue weighted by Crippen LogP contribution is -2.06. The third-order valence-electron chi connectivity index (χ3n) is 2.70. The number of hydrogen-bond acceptors (Lipinski definition) is 2. The van der Waals surface area contributed by atoms with Gasteiger partial charge in [-0.3, -0.25) is 0 Å². The molecule has 96 valence electrons. The lowest BCUT2D eigenvalue weighted by molar-refractivity contribution is 0.0696. The van der Waals surface area contributed by atoms with Crippen LogP contribution in [0.3, 0.4) is 0 Å². The van der Waals surface area contributed by atoms with Crippen molar-refractivity contribution in [2.75, 3.05) is 0 Å². The van der Waals surface area contributed by atoms with Crippen molar-refractivity contribution < 1.29 is 19.8 Å². The van der Waals surface area contributed by atoms with Crippen LogP contribution < -0.4 is 0 Å². The van der Waals surface area contributed by atoms with E-state index in [0.717, 1.165) is 0 Å². The Morgan fingerprint density at radius 2 is 1.44 bits per heavy atom. The lowest BCUT2D eigenvalue weighted by Gasteiger charge is -2.03. The summed E-state index contributed by atoms with van der Waals surface area (Å²) in [5, 5.41) is 17.4. The molecule has 0 atom stereocenters. The number of aromatic carboxylic acids is 2. The quantitative estimate of drug-likeness (QED) is 0.788. The van der Waals surface area contributed by atoms with Crippen molar-refractivity contribution in [2.24, 2.45) is 0 Å². The molecule has 0 spiro atoms. The number of carbonyl (C=O) groups is 2. The first kappa shape index (κ1) is 14.0. The Labute approximate surface area is 106 Å². The number of carboxylic acid groups (broad SMARTS) is 2. The van der Waals surface area contributed by atoms with Gasteiger partial charge in [0.1, 0.15) is 0 Å². The molecule has 0 aromatic heterocycles. The van der Waals surface area contributed by atoms with E-state index in [-0.39, 0.29) is 16.7 Å². The van der Waals surface area contributed by atoms with Gasteiger partial charge in [0.2, 0.25) is 0 Å². The first-order valence-electron chi connectivity index (χ1n) is 5.75. The zero-order chi connectivity index (χ0) is 13.5. The van der Waals surface area contributed by atoms with Crippen molar-refractivity contribution in [3.63, 3.8) is 0 Å². The van der Waals surface area contributed by atoms with Gasteiger partial charge in [-0.1, -0.05) is 18.2 Å². The molecule has 0 fully saturated rings. The van der Waals surface area contributed by atoms with Gasteiger partial charge in [0.05, 0.1) is 11.1 Å². The Morgan fingerprint density at radius 1 is 1.00 bits per heavy atom. The van der Waals surface area contributed by atoms with Gasteiger partial charge in [-0.15, -0.1) is 0 Å². The van der Waals surface area contributed by atoms with Crippen LogP contribution in [0, 0.1) is 6.92 Å². The summed E-state index contributed by atoms with van der Waals surface area (Å²) in [6.07, 6.45) is 8.50. The van der Waals surface area contributed by atoms with Crippen molar-refractivity contribution >= 4 is 11.9 Å². The van der Waals surface area contributed by atoms with Crippen LogP contribution in [0.2, 0.25) is 0 Å². The molecule has 4 nitrogen and oxygen atoms in total. The second kappa shape index (κ2) is 6.59. The Hall–Kier alpha value is -2.10. The van der Waals surface area contributed by atoms with Gasteiger partial charge >= 0.3 is 11.9 Å². The minimum atomic E-state index is -1.11. The molecule has 0 saturated carbocycles. The molecule has 4 heteroatoms. The van der Waals surface area contributed by atoms with Crippen molar-refractivity contribution in [3.8, 4) is 0 Å². The summed E-state index contributed by atoms with van der Waals surface area (Å²) in [7, 11) is 0. The zero-order valence-electron chi connectivity index (χ0n) is 10.2. The van der Waals surface area contributed by atoms with Gasteiger partial charge in [0.15, 0.2) is 0 Å². The van der Waals surface area contributed by atoms with Crippen LogP contribution in [-0.2, 0) is 0 Å². The van der Waals surface area contributed by atoms with E-state index in [4.69, 9.17) is 10.2 Å². The summed E-state index contributed by atoms with van der Waals surface area (Å²) in [4.78, 5) is 21.2. The summed E-state index contributed by atoms with van der Waals surface area (Å²) in [5.74, 6) is -2.22. The molecule has 2 N–H and O–H groups in total. The maximum absolute atomic E-state index is 10.6. The molecule has 0 saturated heterocycles. The maximum atomic E-state index is 10.6. The van der Waals surface area contributed by atoms with Gasteiger partial charge in [-0.05, 0) is 43.9 Å². The first-order chi connectivity index (χ1) is 8.54. The fraction of sp³-hybridized carbons (Fsp3) is 0.286. The highest BCUT2D eigenvalue weighted by Gasteiger charge is 2.13. The van der Waals surface area contributed by atoms with E-state index in [1.807, 2.05) is 0 Å². The molecule has 0 radical (unpaired) electrons. The molecular weight excluding hydrogens is 232 g/mol. The Bertz CT molecular complexity index is 436. The van der Waals surface area contributed by atoms with E-state index in [1.54, 1.807) is 0 Å². The Morgan fingerprint density at radius 3 is 1.72 bits per heavy atom.